The highest BCUT2D eigenvalue weighted by Crippen LogP contribution is 2.43. The van der Waals surface area contributed by atoms with E-state index >= 15 is 0 Å². The molecule has 1 aliphatic heterocycles. The predicted octanol–water partition coefficient (Wildman–Crippen LogP) is 2.19. The molecule has 1 unspecified atom stereocenters. The van der Waals surface area contributed by atoms with E-state index in [4.69, 9.17) is 0 Å². The second kappa shape index (κ2) is 3.00. The Morgan fingerprint density at radius 2 is 2.08 bits per heavy atom. The summed E-state index contributed by atoms with van der Waals surface area (Å²) in [5.74, 6) is 0.420. The zero-order chi connectivity index (χ0) is 9.47. The summed E-state index contributed by atoms with van der Waals surface area (Å²) in [4.78, 5) is 14.2. The third-order valence-electron chi connectivity index (χ3n) is 3.79. The molecule has 0 radical (unpaired) electrons. The van der Waals surface area contributed by atoms with E-state index in [1.54, 1.807) is 0 Å². The molecule has 1 amide bonds. The first-order valence-corrected chi connectivity index (χ1v) is 5.44. The van der Waals surface area contributed by atoms with E-state index in [1.807, 2.05) is 0 Å². The molecule has 2 aliphatic rings. The second-order valence-corrected chi connectivity index (χ2v) is 4.90. The summed E-state index contributed by atoms with van der Waals surface area (Å²) in [6.07, 6.45) is 5.85. The molecule has 1 aliphatic carbocycles. The molecular weight excluding hydrogens is 162 g/mol. The van der Waals surface area contributed by atoms with E-state index in [9.17, 15) is 4.79 Å². The van der Waals surface area contributed by atoms with Gasteiger partial charge in [0.15, 0.2) is 0 Å². The van der Waals surface area contributed by atoms with Gasteiger partial charge in [0, 0.05) is 18.0 Å². The predicted molar refractivity (Wildman–Crippen MR) is 52.4 cm³/mol. The van der Waals surface area contributed by atoms with Gasteiger partial charge >= 0.3 is 0 Å². The molecule has 2 rings (SSSR count). The van der Waals surface area contributed by atoms with Crippen molar-refractivity contribution in [1.29, 1.82) is 0 Å². The summed E-state index contributed by atoms with van der Waals surface area (Å²) in [5, 5.41) is 0. The van der Waals surface area contributed by atoms with Gasteiger partial charge in [0.25, 0.3) is 0 Å². The van der Waals surface area contributed by atoms with Crippen LogP contribution in [0.5, 0.6) is 0 Å². The highest BCUT2D eigenvalue weighted by atomic mass is 16.2. The topological polar surface area (TPSA) is 20.3 Å². The number of carbonyl (C=O) groups is 1. The summed E-state index contributed by atoms with van der Waals surface area (Å²) >= 11 is 0. The van der Waals surface area contributed by atoms with Crippen molar-refractivity contribution in [3.8, 4) is 0 Å². The van der Waals surface area contributed by atoms with Gasteiger partial charge in [-0.25, -0.2) is 0 Å². The maximum Gasteiger partial charge on any atom is 0.228 e. The lowest BCUT2D eigenvalue weighted by atomic mass is 9.69. The maximum absolute atomic E-state index is 12.1. The van der Waals surface area contributed by atoms with Crippen LogP contribution in [0.3, 0.4) is 0 Å². The summed E-state index contributed by atoms with van der Waals surface area (Å²) in [6.45, 7) is 5.30. The van der Waals surface area contributed by atoms with E-state index in [-0.39, 0.29) is 5.41 Å². The van der Waals surface area contributed by atoms with E-state index in [0.29, 0.717) is 11.9 Å². The van der Waals surface area contributed by atoms with Crippen molar-refractivity contribution >= 4 is 5.91 Å². The average molecular weight is 181 g/mol. The van der Waals surface area contributed by atoms with Crippen molar-refractivity contribution in [1.82, 2.24) is 4.90 Å². The van der Waals surface area contributed by atoms with Gasteiger partial charge in [-0.15, -0.1) is 0 Å². The second-order valence-electron chi connectivity index (χ2n) is 4.90. The van der Waals surface area contributed by atoms with Crippen LogP contribution in [0.2, 0.25) is 0 Å². The van der Waals surface area contributed by atoms with Crippen LogP contribution in [0, 0.1) is 5.41 Å². The third kappa shape index (κ3) is 1.36. The minimum Gasteiger partial charge on any atom is -0.340 e. The highest BCUT2D eigenvalue weighted by molar-refractivity contribution is 5.83. The molecule has 13 heavy (non-hydrogen) atoms. The van der Waals surface area contributed by atoms with Crippen LogP contribution in [0.4, 0.5) is 0 Å². The molecule has 0 aromatic rings. The van der Waals surface area contributed by atoms with Gasteiger partial charge in [-0.2, -0.15) is 0 Å². The van der Waals surface area contributed by atoms with Gasteiger partial charge < -0.3 is 4.90 Å². The summed E-state index contributed by atoms with van der Waals surface area (Å²) in [5.41, 5.74) is 0.0125. The van der Waals surface area contributed by atoms with E-state index in [2.05, 4.69) is 18.7 Å². The Balaban J connectivity index is 2.03. The zero-order valence-corrected chi connectivity index (χ0v) is 8.68. The summed E-state index contributed by atoms with van der Waals surface area (Å²) in [6, 6.07) is 0.491. The minimum absolute atomic E-state index is 0.0125. The standard InChI is InChI=1S/C11H19NO/c1-9-5-3-8-12(9)10(13)11(2)6-4-7-11/h9H,3-8H2,1-2H3. The number of nitrogens with zero attached hydrogens (tertiary/aromatic N) is 1. The number of likely N-dealkylation sites (tertiary alicyclic amines) is 1. The van der Waals surface area contributed by atoms with Gasteiger partial charge in [0.2, 0.25) is 5.91 Å². The van der Waals surface area contributed by atoms with Crippen LogP contribution in [-0.4, -0.2) is 23.4 Å². The van der Waals surface area contributed by atoms with Crippen LogP contribution >= 0.6 is 0 Å². The fraction of sp³-hybridized carbons (Fsp3) is 0.909. The first-order valence-electron chi connectivity index (χ1n) is 5.44. The minimum atomic E-state index is 0.0125. The first kappa shape index (κ1) is 9.04. The van der Waals surface area contributed by atoms with Gasteiger partial charge in [-0.1, -0.05) is 13.3 Å². The van der Waals surface area contributed by atoms with Crippen LogP contribution in [0.15, 0.2) is 0 Å². The van der Waals surface area contributed by atoms with Crippen molar-refractivity contribution in [2.75, 3.05) is 6.54 Å². The summed E-state index contributed by atoms with van der Waals surface area (Å²) in [7, 11) is 0. The maximum atomic E-state index is 12.1. The van der Waals surface area contributed by atoms with Crippen molar-refractivity contribution < 1.29 is 4.79 Å². The molecule has 1 atom stereocenters. The Hall–Kier alpha value is -0.530. The molecule has 74 valence electrons. The molecule has 2 fully saturated rings. The first-order chi connectivity index (χ1) is 6.13. The molecule has 2 nitrogen and oxygen atoms in total. The van der Waals surface area contributed by atoms with E-state index in [1.165, 1.54) is 19.3 Å². The Kier molecular flexibility index (Phi) is 2.09. The smallest absolute Gasteiger partial charge is 0.228 e. The Labute approximate surface area is 80.3 Å². The molecule has 0 bridgehead atoms. The highest BCUT2D eigenvalue weighted by Gasteiger charge is 2.43. The van der Waals surface area contributed by atoms with Crippen molar-refractivity contribution in [3.63, 3.8) is 0 Å². The van der Waals surface area contributed by atoms with Crippen molar-refractivity contribution in [2.24, 2.45) is 5.41 Å². The van der Waals surface area contributed by atoms with E-state index in [0.717, 1.165) is 19.4 Å². The van der Waals surface area contributed by atoms with Crippen molar-refractivity contribution in [2.45, 2.75) is 52.0 Å². The lowest BCUT2D eigenvalue weighted by Gasteiger charge is -2.40. The fourth-order valence-corrected chi connectivity index (χ4v) is 2.50. The lowest BCUT2D eigenvalue weighted by Crippen LogP contribution is -2.47. The largest absolute Gasteiger partial charge is 0.340 e. The molecule has 0 aromatic carbocycles. The van der Waals surface area contributed by atoms with Gasteiger partial charge in [-0.05, 0) is 32.6 Å². The van der Waals surface area contributed by atoms with Gasteiger partial charge in [0.05, 0.1) is 0 Å². The molecule has 1 heterocycles. The molecule has 1 saturated heterocycles. The molecule has 2 heteroatoms. The number of hydrogen-bond acceptors (Lipinski definition) is 1. The molecule has 1 saturated carbocycles. The molecule has 0 spiro atoms. The van der Waals surface area contributed by atoms with E-state index < -0.39 is 0 Å². The Morgan fingerprint density at radius 3 is 2.46 bits per heavy atom. The zero-order valence-electron chi connectivity index (χ0n) is 8.68. The number of rotatable bonds is 1. The number of amides is 1. The average Bonchev–Trinajstić information content (AvgIpc) is 2.46. The lowest BCUT2D eigenvalue weighted by molar-refractivity contribution is -0.146. The van der Waals surface area contributed by atoms with Crippen LogP contribution in [0.1, 0.15) is 46.0 Å². The number of hydrogen-bond donors (Lipinski definition) is 0. The van der Waals surface area contributed by atoms with Gasteiger partial charge in [0.1, 0.15) is 0 Å². The fourth-order valence-electron chi connectivity index (χ4n) is 2.50. The molecular formula is C11H19NO. The quantitative estimate of drug-likeness (QED) is 0.607. The van der Waals surface area contributed by atoms with Crippen molar-refractivity contribution in [3.05, 3.63) is 0 Å². The third-order valence-corrected chi connectivity index (χ3v) is 3.79. The molecule has 0 aromatic heterocycles. The number of carbonyl (C=O) groups excluding carboxylic acids is 1. The summed E-state index contributed by atoms with van der Waals surface area (Å²) < 4.78 is 0. The van der Waals surface area contributed by atoms with Crippen LogP contribution < -0.4 is 0 Å². The van der Waals surface area contributed by atoms with Crippen LogP contribution in [0.25, 0.3) is 0 Å². The SMILES string of the molecule is CC1CCCN1C(=O)C1(C)CCC1. The Morgan fingerprint density at radius 1 is 1.38 bits per heavy atom. The molecule has 0 N–H and O–H groups in total. The monoisotopic (exact) mass is 181 g/mol. The van der Waals surface area contributed by atoms with Crippen LogP contribution in [-0.2, 0) is 4.79 Å². The van der Waals surface area contributed by atoms with Gasteiger partial charge in [-0.3, -0.25) is 4.79 Å². The normalized spacial score (nSPS) is 31.5. The Bertz CT molecular complexity index is 220.